The van der Waals surface area contributed by atoms with Gasteiger partial charge in [0.2, 0.25) is 11.8 Å². The van der Waals surface area contributed by atoms with Crippen molar-refractivity contribution in [2.45, 2.75) is 50.6 Å². The zero-order valence-electron chi connectivity index (χ0n) is 25.8. The Kier molecular flexibility index (Phi) is 10.1. The van der Waals surface area contributed by atoms with Gasteiger partial charge in [-0.2, -0.15) is 0 Å². The van der Waals surface area contributed by atoms with Crippen LogP contribution in [0.2, 0.25) is 0 Å². The average molecular weight is 591 g/mol. The number of oxazole rings is 1. The van der Waals surface area contributed by atoms with Gasteiger partial charge in [-0.25, -0.2) is 9.37 Å². The first-order valence-corrected chi connectivity index (χ1v) is 16.1. The minimum atomic E-state index is -0.152. The van der Waals surface area contributed by atoms with Crippen LogP contribution in [0.25, 0.3) is 0 Å². The number of hydrogen-bond donors (Lipinski definition) is 0. The summed E-state index contributed by atoms with van der Waals surface area (Å²) in [7, 11) is 4.25. The normalized spacial score (nSPS) is 23.4. The molecule has 2 aliphatic heterocycles. The first-order chi connectivity index (χ1) is 21.0. The minimum absolute atomic E-state index is 0.127. The molecule has 0 spiro atoms. The van der Waals surface area contributed by atoms with Gasteiger partial charge in [-0.1, -0.05) is 55.3 Å². The van der Waals surface area contributed by atoms with E-state index in [0.717, 1.165) is 88.1 Å². The van der Waals surface area contributed by atoms with Crippen molar-refractivity contribution in [1.29, 1.82) is 0 Å². The van der Waals surface area contributed by atoms with Gasteiger partial charge in [-0.05, 0) is 68.5 Å². The predicted octanol–water partition coefficient (Wildman–Crippen LogP) is 6.11. The van der Waals surface area contributed by atoms with Crippen molar-refractivity contribution < 1.29 is 18.3 Å². The molecule has 232 valence electrons. The molecule has 3 aliphatic rings. The van der Waals surface area contributed by atoms with Crippen LogP contribution in [0.3, 0.4) is 0 Å². The highest BCUT2D eigenvalue weighted by Crippen LogP contribution is 2.43. The first kappa shape index (κ1) is 30.3. The molecule has 1 saturated carbocycles. The van der Waals surface area contributed by atoms with Crippen molar-refractivity contribution in [2.24, 2.45) is 11.8 Å². The fraction of sp³-hybridized carbons (Fsp3) is 0.571. The van der Waals surface area contributed by atoms with Crippen LogP contribution in [0.15, 0.2) is 59.0 Å². The third-order valence-corrected chi connectivity index (χ3v) is 9.62. The molecule has 2 unspecified atom stereocenters. The molecule has 2 atom stereocenters. The number of anilines is 1. The number of hydrogen-bond acceptors (Lipinski definition) is 7. The second kappa shape index (κ2) is 14.3. The highest BCUT2D eigenvalue weighted by Gasteiger charge is 2.35. The molecule has 3 aromatic rings. The maximum absolute atomic E-state index is 14.1. The Hall–Kier alpha value is -2.78. The predicted molar refractivity (Wildman–Crippen MR) is 167 cm³/mol. The Morgan fingerprint density at radius 3 is 2.26 bits per heavy atom. The lowest BCUT2D eigenvalue weighted by molar-refractivity contribution is 0.00157. The van der Waals surface area contributed by atoms with E-state index < -0.39 is 0 Å². The third-order valence-electron chi connectivity index (χ3n) is 9.62. The molecule has 3 heterocycles. The van der Waals surface area contributed by atoms with E-state index in [0.29, 0.717) is 25.0 Å². The van der Waals surface area contributed by atoms with Crippen LogP contribution in [0.5, 0.6) is 0 Å². The molecule has 3 fully saturated rings. The summed E-state index contributed by atoms with van der Waals surface area (Å²) in [6, 6.07) is 18.1. The Bertz CT molecular complexity index is 1280. The SMILES string of the molecule is CN(C)C(c1cccc(F)c1)C1CCC(CC(c2nc(Cc3ccccc3)c(N3CCOCC3)o2)N2CCOCC2)CC1. The van der Waals surface area contributed by atoms with Crippen LogP contribution in [0.4, 0.5) is 10.3 Å². The molecule has 2 saturated heterocycles. The van der Waals surface area contributed by atoms with E-state index >= 15 is 0 Å². The number of rotatable bonds is 10. The van der Waals surface area contributed by atoms with Gasteiger partial charge in [0.25, 0.3) is 0 Å². The van der Waals surface area contributed by atoms with Crippen LogP contribution in [-0.4, -0.2) is 81.5 Å². The van der Waals surface area contributed by atoms with Crippen molar-refractivity contribution in [3.8, 4) is 0 Å². The molecule has 1 aromatic heterocycles. The van der Waals surface area contributed by atoms with Gasteiger partial charge in [-0.15, -0.1) is 0 Å². The van der Waals surface area contributed by atoms with Gasteiger partial charge < -0.3 is 23.7 Å². The van der Waals surface area contributed by atoms with Crippen LogP contribution in [0.1, 0.15) is 66.9 Å². The van der Waals surface area contributed by atoms with E-state index in [4.69, 9.17) is 18.9 Å². The van der Waals surface area contributed by atoms with Crippen molar-refractivity contribution in [3.05, 3.63) is 83.1 Å². The van der Waals surface area contributed by atoms with Gasteiger partial charge in [0.1, 0.15) is 11.5 Å². The average Bonchev–Trinajstić information content (AvgIpc) is 3.45. The van der Waals surface area contributed by atoms with Gasteiger partial charge in [-0.3, -0.25) is 4.90 Å². The monoisotopic (exact) mass is 590 g/mol. The summed E-state index contributed by atoms with van der Waals surface area (Å²) < 4.78 is 32.3. The van der Waals surface area contributed by atoms with Crippen molar-refractivity contribution in [1.82, 2.24) is 14.8 Å². The van der Waals surface area contributed by atoms with Gasteiger partial charge >= 0.3 is 0 Å². The fourth-order valence-corrected chi connectivity index (χ4v) is 7.46. The molecule has 2 aromatic carbocycles. The Balaban J connectivity index is 1.21. The van der Waals surface area contributed by atoms with E-state index in [9.17, 15) is 4.39 Å². The van der Waals surface area contributed by atoms with Crippen molar-refractivity contribution >= 4 is 5.88 Å². The van der Waals surface area contributed by atoms with E-state index in [1.807, 2.05) is 6.07 Å². The lowest BCUT2D eigenvalue weighted by Crippen LogP contribution is -2.40. The van der Waals surface area contributed by atoms with E-state index in [-0.39, 0.29) is 17.9 Å². The molecule has 1 aliphatic carbocycles. The number of morpholine rings is 2. The van der Waals surface area contributed by atoms with E-state index in [1.54, 1.807) is 6.07 Å². The Morgan fingerprint density at radius 2 is 1.58 bits per heavy atom. The van der Waals surface area contributed by atoms with Gasteiger partial charge in [0.15, 0.2) is 0 Å². The zero-order chi connectivity index (χ0) is 29.6. The second-order valence-corrected chi connectivity index (χ2v) is 12.7. The molecule has 0 amide bonds. The molecule has 7 nitrogen and oxygen atoms in total. The highest BCUT2D eigenvalue weighted by atomic mass is 19.1. The number of halogens is 1. The summed E-state index contributed by atoms with van der Waals surface area (Å²) in [5.41, 5.74) is 3.35. The summed E-state index contributed by atoms with van der Waals surface area (Å²) >= 11 is 0. The maximum Gasteiger partial charge on any atom is 0.220 e. The lowest BCUT2D eigenvalue weighted by atomic mass is 9.74. The molecule has 0 bridgehead atoms. The number of ether oxygens (including phenoxy) is 2. The Morgan fingerprint density at radius 1 is 0.884 bits per heavy atom. The molecule has 0 radical (unpaired) electrons. The Labute approximate surface area is 256 Å². The van der Waals surface area contributed by atoms with Crippen LogP contribution in [0, 0.1) is 17.7 Å². The molecule has 0 N–H and O–H groups in total. The molecule has 43 heavy (non-hydrogen) atoms. The first-order valence-electron chi connectivity index (χ1n) is 16.1. The molecule has 8 heteroatoms. The largest absolute Gasteiger partial charge is 0.423 e. The quantitative estimate of drug-likeness (QED) is 0.282. The van der Waals surface area contributed by atoms with Crippen molar-refractivity contribution in [2.75, 3.05) is 71.6 Å². The van der Waals surface area contributed by atoms with Crippen LogP contribution >= 0.6 is 0 Å². The maximum atomic E-state index is 14.1. The number of benzene rings is 2. The summed E-state index contributed by atoms with van der Waals surface area (Å²) in [5.74, 6) is 2.72. The van der Waals surface area contributed by atoms with Crippen LogP contribution < -0.4 is 4.90 Å². The lowest BCUT2D eigenvalue weighted by Gasteiger charge is -2.40. The van der Waals surface area contributed by atoms with E-state index in [1.165, 1.54) is 24.5 Å². The third kappa shape index (κ3) is 7.48. The van der Waals surface area contributed by atoms with Crippen LogP contribution in [-0.2, 0) is 15.9 Å². The summed E-state index contributed by atoms with van der Waals surface area (Å²) in [6.45, 7) is 6.34. The zero-order valence-corrected chi connectivity index (χ0v) is 25.8. The van der Waals surface area contributed by atoms with Crippen molar-refractivity contribution in [3.63, 3.8) is 0 Å². The van der Waals surface area contributed by atoms with Gasteiger partial charge in [0, 0.05) is 38.6 Å². The standard InChI is InChI=1S/C35H47FN4O3/c1-38(2)33(29-9-6-10-30(36)25-29)28-13-11-27(12-14-28)24-32(39-15-19-41-20-16-39)34-37-31(23-26-7-4-3-5-8-26)35(43-34)40-17-21-42-22-18-40/h3-10,25,27-28,32-33H,11-24H2,1-2H3. The minimum Gasteiger partial charge on any atom is -0.423 e. The summed E-state index contributed by atoms with van der Waals surface area (Å²) in [6.07, 6.45) is 6.41. The topological polar surface area (TPSA) is 54.2 Å². The van der Waals surface area contributed by atoms with E-state index in [2.05, 4.69) is 65.2 Å². The molecular weight excluding hydrogens is 543 g/mol. The second-order valence-electron chi connectivity index (χ2n) is 12.7. The summed E-state index contributed by atoms with van der Waals surface area (Å²) in [4.78, 5) is 12.4. The van der Waals surface area contributed by atoms with Gasteiger partial charge in [0.05, 0.1) is 32.5 Å². The highest BCUT2D eigenvalue weighted by molar-refractivity contribution is 5.44. The molecular formula is C35H47FN4O3. The molecule has 6 rings (SSSR count). The number of nitrogens with zero attached hydrogens (tertiary/aromatic N) is 4. The summed E-state index contributed by atoms with van der Waals surface area (Å²) in [5, 5.41) is 0. The fourth-order valence-electron chi connectivity index (χ4n) is 7.46. The number of aromatic nitrogens is 1. The smallest absolute Gasteiger partial charge is 0.220 e.